The fourth-order valence-corrected chi connectivity index (χ4v) is 2.64. The van der Waals surface area contributed by atoms with Gasteiger partial charge in [-0.2, -0.15) is 13.2 Å². The van der Waals surface area contributed by atoms with E-state index in [0.29, 0.717) is 31.9 Å². The molecule has 1 aromatic carbocycles. The second-order valence-electron chi connectivity index (χ2n) is 5.60. The fraction of sp³-hybridized carbons (Fsp3) is 0.467. The molecule has 9 heteroatoms. The molecule has 1 aliphatic heterocycles. The molecule has 0 unspecified atom stereocenters. The molecule has 1 atom stereocenters. The van der Waals surface area contributed by atoms with Crippen LogP contribution in [0.25, 0.3) is 0 Å². The van der Waals surface area contributed by atoms with Crippen LogP contribution in [0.15, 0.2) is 24.3 Å². The minimum absolute atomic E-state index is 0.482. The maximum atomic E-state index is 12.8. The number of imide groups is 1. The van der Waals surface area contributed by atoms with Gasteiger partial charge in [0.15, 0.2) is 0 Å². The molecule has 2 rings (SSSR count). The largest absolute Gasteiger partial charge is 0.416 e. The third-order valence-corrected chi connectivity index (χ3v) is 4.03. The average Bonchev–Trinajstić information content (AvgIpc) is 2.53. The Morgan fingerprint density at radius 2 is 1.83 bits per heavy atom. The maximum absolute atomic E-state index is 12.8. The molecular formula is C15H19F3N4O2. The zero-order valence-electron chi connectivity index (χ0n) is 13.1. The van der Waals surface area contributed by atoms with Crippen LogP contribution >= 0.6 is 0 Å². The van der Waals surface area contributed by atoms with Crippen LogP contribution in [0.3, 0.4) is 0 Å². The Morgan fingerprint density at radius 1 is 1.21 bits per heavy atom. The number of nitrogens with two attached hydrogens (primary N) is 1. The quantitative estimate of drug-likeness (QED) is 0.869. The van der Waals surface area contributed by atoms with Gasteiger partial charge in [-0.25, -0.2) is 4.79 Å². The van der Waals surface area contributed by atoms with E-state index in [1.54, 1.807) is 13.0 Å². The Kier molecular flexibility index (Phi) is 5.33. The Labute approximate surface area is 137 Å². The third kappa shape index (κ3) is 4.38. The summed E-state index contributed by atoms with van der Waals surface area (Å²) in [6, 6.07) is 3.73. The number of piperazine rings is 1. The van der Waals surface area contributed by atoms with E-state index in [1.165, 1.54) is 6.07 Å². The van der Waals surface area contributed by atoms with Gasteiger partial charge in [0.05, 0.1) is 11.6 Å². The van der Waals surface area contributed by atoms with Crippen LogP contribution in [0.4, 0.5) is 23.7 Å². The van der Waals surface area contributed by atoms with E-state index in [0.717, 1.165) is 12.1 Å². The van der Waals surface area contributed by atoms with Crippen LogP contribution in [-0.2, 0) is 11.0 Å². The zero-order valence-corrected chi connectivity index (χ0v) is 13.1. The van der Waals surface area contributed by atoms with E-state index < -0.39 is 29.7 Å². The minimum Gasteiger partial charge on any atom is -0.369 e. The van der Waals surface area contributed by atoms with Crippen molar-refractivity contribution < 1.29 is 22.8 Å². The first-order valence-corrected chi connectivity index (χ1v) is 7.45. The molecule has 1 fully saturated rings. The number of primary amides is 1. The highest BCUT2D eigenvalue weighted by molar-refractivity contribution is 5.96. The Bertz CT molecular complexity index is 613. The first-order chi connectivity index (χ1) is 11.2. The van der Waals surface area contributed by atoms with Crippen molar-refractivity contribution in [2.45, 2.75) is 19.1 Å². The number of carbonyl (C=O) groups excluding carboxylic acids is 2. The molecule has 0 saturated carbocycles. The SMILES string of the molecule is C[C@@H](C(=O)NC(N)=O)N1CCN(c2cccc(C(F)(F)F)c2)CC1. The Hall–Kier alpha value is -2.29. The summed E-state index contributed by atoms with van der Waals surface area (Å²) in [5.74, 6) is -0.491. The number of hydrogen-bond acceptors (Lipinski definition) is 4. The lowest BCUT2D eigenvalue weighted by Crippen LogP contribution is -2.55. The molecule has 0 bridgehead atoms. The number of nitrogens with zero attached hydrogens (tertiary/aromatic N) is 2. The first-order valence-electron chi connectivity index (χ1n) is 7.45. The van der Waals surface area contributed by atoms with Crippen LogP contribution in [0, 0.1) is 0 Å². The topological polar surface area (TPSA) is 78.7 Å². The number of benzene rings is 1. The minimum atomic E-state index is -4.38. The summed E-state index contributed by atoms with van der Waals surface area (Å²) in [6.45, 7) is 3.59. The molecule has 0 spiro atoms. The van der Waals surface area contributed by atoms with Gasteiger partial charge in [-0.3, -0.25) is 15.0 Å². The number of anilines is 1. The van der Waals surface area contributed by atoms with E-state index in [4.69, 9.17) is 5.73 Å². The Morgan fingerprint density at radius 3 is 2.38 bits per heavy atom. The number of halogens is 3. The van der Waals surface area contributed by atoms with Crippen molar-refractivity contribution in [2.75, 3.05) is 31.1 Å². The van der Waals surface area contributed by atoms with Crippen LogP contribution in [0.1, 0.15) is 12.5 Å². The predicted molar refractivity (Wildman–Crippen MR) is 82.4 cm³/mol. The molecule has 132 valence electrons. The third-order valence-electron chi connectivity index (χ3n) is 4.03. The normalized spacial score (nSPS) is 17.4. The summed E-state index contributed by atoms with van der Waals surface area (Å²) in [5, 5.41) is 2.03. The van der Waals surface area contributed by atoms with Crippen molar-refractivity contribution in [1.82, 2.24) is 10.2 Å². The maximum Gasteiger partial charge on any atom is 0.416 e. The van der Waals surface area contributed by atoms with Gasteiger partial charge in [0.25, 0.3) is 0 Å². The number of amides is 3. The van der Waals surface area contributed by atoms with Gasteiger partial charge >= 0.3 is 12.2 Å². The summed E-state index contributed by atoms with van der Waals surface area (Å²) in [4.78, 5) is 26.2. The lowest BCUT2D eigenvalue weighted by atomic mass is 10.1. The molecule has 3 amide bonds. The molecule has 1 aliphatic rings. The summed E-state index contributed by atoms with van der Waals surface area (Å²) < 4.78 is 38.4. The molecule has 24 heavy (non-hydrogen) atoms. The van der Waals surface area contributed by atoms with Gasteiger partial charge in [0, 0.05) is 31.9 Å². The highest BCUT2D eigenvalue weighted by Crippen LogP contribution is 2.31. The van der Waals surface area contributed by atoms with Gasteiger partial charge < -0.3 is 10.6 Å². The van der Waals surface area contributed by atoms with Gasteiger partial charge in [0.2, 0.25) is 5.91 Å². The standard InChI is InChI=1S/C15H19F3N4O2/c1-10(13(23)20-14(19)24)21-5-7-22(8-6-21)12-4-2-3-11(9-12)15(16,17)18/h2-4,9-10H,5-8H2,1H3,(H3,19,20,23,24)/t10-/m0/s1. The number of urea groups is 1. The van der Waals surface area contributed by atoms with Gasteiger partial charge in [0.1, 0.15) is 0 Å². The molecule has 0 aromatic heterocycles. The summed E-state index contributed by atoms with van der Waals surface area (Å²) in [5.41, 5.74) is 4.73. The summed E-state index contributed by atoms with van der Waals surface area (Å²) in [6.07, 6.45) is -4.38. The van der Waals surface area contributed by atoms with Crippen molar-refractivity contribution in [2.24, 2.45) is 5.73 Å². The molecule has 1 saturated heterocycles. The molecule has 1 aromatic rings. The molecule has 0 radical (unpaired) electrons. The monoisotopic (exact) mass is 344 g/mol. The number of carbonyl (C=O) groups is 2. The van der Waals surface area contributed by atoms with Crippen molar-refractivity contribution in [1.29, 1.82) is 0 Å². The summed E-state index contributed by atoms with van der Waals surface area (Å²) >= 11 is 0. The van der Waals surface area contributed by atoms with E-state index in [2.05, 4.69) is 0 Å². The van der Waals surface area contributed by atoms with E-state index in [9.17, 15) is 22.8 Å². The van der Waals surface area contributed by atoms with E-state index >= 15 is 0 Å². The number of nitrogens with one attached hydrogen (secondary N) is 1. The van der Waals surface area contributed by atoms with Crippen LogP contribution in [-0.4, -0.2) is 49.1 Å². The van der Waals surface area contributed by atoms with Gasteiger partial charge in [-0.1, -0.05) is 6.07 Å². The Balaban J connectivity index is 1.98. The molecule has 1 heterocycles. The summed E-state index contributed by atoms with van der Waals surface area (Å²) in [7, 11) is 0. The molecule has 6 nitrogen and oxygen atoms in total. The van der Waals surface area contributed by atoms with E-state index in [1.807, 2.05) is 15.1 Å². The smallest absolute Gasteiger partial charge is 0.369 e. The first kappa shape index (κ1) is 18.1. The number of rotatable bonds is 3. The molecular weight excluding hydrogens is 325 g/mol. The number of hydrogen-bond donors (Lipinski definition) is 2. The molecule has 3 N–H and O–H groups in total. The highest BCUT2D eigenvalue weighted by Gasteiger charge is 2.31. The fourth-order valence-electron chi connectivity index (χ4n) is 2.64. The van der Waals surface area contributed by atoms with Crippen LogP contribution in [0.2, 0.25) is 0 Å². The molecule has 0 aliphatic carbocycles. The second-order valence-corrected chi connectivity index (χ2v) is 5.60. The van der Waals surface area contributed by atoms with Crippen LogP contribution < -0.4 is 16.0 Å². The van der Waals surface area contributed by atoms with E-state index in [-0.39, 0.29) is 0 Å². The van der Waals surface area contributed by atoms with Crippen molar-refractivity contribution in [3.63, 3.8) is 0 Å². The highest BCUT2D eigenvalue weighted by atomic mass is 19.4. The van der Waals surface area contributed by atoms with Crippen molar-refractivity contribution >= 4 is 17.6 Å². The van der Waals surface area contributed by atoms with Crippen molar-refractivity contribution in [3.8, 4) is 0 Å². The van der Waals surface area contributed by atoms with Gasteiger partial charge in [-0.05, 0) is 25.1 Å². The van der Waals surface area contributed by atoms with Crippen molar-refractivity contribution in [3.05, 3.63) is 29.8 Å². The zero-order chi connectivity index (χ0) is 17.9. The average molecular weight is 344 g/mol. The lowest BCUT2D eigenvalue weighted by Gasteiger charge is -2.38. The second kappa shape index (κ2) is 7.08. The van der Waals surface area contributed by atoms with Crippen LogP contribution in [0.5, 0.6) is 0 Å². The number of alkyl halides is 3. The van der Waals surface area contributed by atoms with Gasteiger partial charge in [-0.15, -0.1) is 0 Å². The lowest BCUT2D eigenvalue weighted by molar-refractivity contribution is -0.137. The predicted octanol–water partition coefficient (Wildman–Crippen LogP) is 1.41.